The van der Waals surface area contributed by atoms with Crippen molar-refractivity contribution in [1.82, 2.24) is 4.31 Å². The second-order valence-corrected chi connectivity index (χ2v) is 7.15. The van der Waals surface area contributed by atoms with E-state index < -0.39 is 27.9 Å². The first-order chi connectivity index (χ1) is 10.1. The maximum atomic E-state index is 12.2. The number of nitrogens with zero attached hydrogens (tertiary/aromatic N) is 1. The van der Waals surface area contributed by atoms with Crippen molar-refractivity contribution in [2.45, 2.75) is 24.3 Å². The second kappa shape index (κ2) is 8.25. The predicted octanol–water partition coefficient (Wildman–Crippen LogP) is -0.192. The number of hydrogen-bond acceptors (Lipinski definition) is 5. The minimum absolute atomic E-state index is 0. The first-order valence-electron chi connectivity index (χ1n) is 6.43. The van der Waals surface area contributed by atoms with Crippen LogP contribution in [0.25, 0.3) is 0 Å². The maximum absolute atomic E-state index is 12.2. The van der Waals surface area contributed by atoms with Crippen LogP contribution in [0.1, 0.15) is 12.0 Å². The lowest BCUT2D eigenvalue weighted by Crippen LogP contribution is -2.39. The summed E-state index contributed by atoms with van der Waals surface area (Å²) in [5.74, 6) is -1.31. The third-order valence-electron chi connectivity index (χ3n) is 2.97. The topological polar surface area (TPSA) is 136 Å². The molecular formula is C13H21ClN4O4S. The van der Waals surface area contributed by atoms with Crippen molar-refractivity contribution >= 4 is 39.9 Å². The monoisotopic (exact) mass is 364 g/mol. The van der Waals surface area contributed by atoms with Gasteiger partial charge in [0.2, 0.25) is 21.8 Å². The SMILES string of the molecule is Cc1ccc(NC(=O)C(N)CC(N)=O)cc1S(=O)(=O)N(C)C.Cl. The number of aryl methyl sites for hydroxylation is 1. The smallest absolute Gasteiger partial charge is 0.242 e. The summed E-state index contributed by atoms with van der Waals surface area (Å²) in [7, 11) is -0.790. The Labute approximate surface area is 141 Å². The summed E-state index contributed by atoms with van der Waals surface area (Å²) in [5, 5.41) is 2.47. The van der Waals surface area contributed by atoms with Gasteiger partial charge in [0.05, 0.1) is 17.4 Å². The Balaban J connectivity index is 0.00000484. The Morgan fingerprint density at radius 1 is 1.30 bits per heavy atom. The molecule has 0 heterocycles. The fraction of sp³-hybridized carbons (Fsp3) is 0.385. The largest absolute Gasteiger partial charge is 0.370 e. The summed E-state index contributed by atoms with van der Waals surface area (Å²) in [5.41, 5.74) is 11.3. The van der Waals surface area contributed by atoms with E-state index in [1.54, 1.807) is 19.1 Å². The lowest BCUT2D eigenvalue weighted by molar-refractivity contribution is -0.123. The lowest BCUT2D eigenvalue weighted by Gasteiger charge is -2.16. The van der Waals surface area contributed by atoms with Crippen LogP contribution in [0.15, 0.2) is 23.1 Å². The van der Waals surface area contributed by atoms with Gasteiger partial charge in [-0.1, -0.05) is 6.07 Å². The van der Waals surface area contributed by atoms with Crippen LogP contribution in [0.5, 0.6) is 0 Å². The van der Waals surface area contributed by atoms with Crippen LogP contribution in [-0.4, -0.2) is 44.7 Å². The highest BCUT2D eigenvalue weighted by Crippen LogP contribution is 2.22. The first kappa shape index (κ1) is 21.3. The Bertz CT molecular complexity index is 691. The molecule has 1 aromatic carbocycles. The third-order valence-corrected chi connectivity index (χ3v) is 4.93. The van der Waals surface area contributed by atoms with Gasteiger partial charge in [-0.05, 0) is 24.6 Å². The third kappa shape index (κ3) is 5.47. The first-order valence-corrected chi connectivity index (χ1v) is 7.87. The number of sulfonamides is 1. The van der Waals surface area contributed by atoms with Gasteiger partial charge in [-0.3, -0.25) is 9.59 Å². The molecule has 0 fully saturated rings. The molecule has 1 unspecified atom stereocenters. The van der Waals surface area contributed by atoms with Crippen molar-refractivity contribution in [3.8, 4) is 0 Å². The molecule has 0 saturated heterocycles. The molecular weight excluding hydrogens is 344 g/mol. The van der Waals surface area contributed by atoms with Gasteiger partial charge in [0, 0.05) is 19.8 Å². The van der Waals surface area contributed by atoms with Crippen LogP contribution in [0.4, 0.5) is 5.69 Å². The zero-order chi connectivity index (χ0) is 17.1. The van der Waals surface area contributed by atoms with Gasteiger partial charge >= 0.3 is 0 Å². The highest BCUT2D eigenvalue weighted by molar-refractivity contribution is 7.89. The molecule has 0 radical (unpaired) electrons. The highest BCUT2D eigenvalue weighted by atomic mass is 35.5. The van der Waals surface area contributed by atoms with E-state index in [-0.39, 0.29) is 29.4 Å². The average molecular weight is 365 g/mol. The van der Waals surface area contributed by atoms with Crippen molar-refractivity contribution < 1.29 is 18.0 Å². The molecule has 23 heavy (non-hydrogen) atoms. The van der Waals surface area contributed by atoms with Gasteiger partial charge in [-0.2, -0.15) is 0 Å². The summed E-state index contributed by atoms with van der Waals surface area (Å²) in [6.07, 6.45) is -0.291. The zero-order valence-electron chi connectivity index (χ0n) is 13.1. The van der Waals surface area contributed by atoms with E-state index in [0.29, 0.717) is 5.56 Å². The molecule has 1 aromatic rings. The number of anilines is 1. The number of rotatable bonds is 6. The fourth-order valence-corrected chi connectivity index (χ4v) is 2.84. The van der Waals surface area contributed by atoms with Gasteiger partial charge in [0.15, 0.2) is 0 Å². The number of carbonyl (C=O) groups excluding carboxylic acids is 2. The average Bonchev–Trinajstić information content (AvgIpc) is 2.39. The molecule has 10 heteroatoms. The molecule has 2 amide bonds. The van der Waals surface area contributed by atoms with E-state index in [0.717, 1.165) is 4.31 Å². The van der Waals surface area contributed by atoms with Crippen molar-refractivity contribution in [2.24, 2.45) is 11.5 Å². The van der Waals surface area contributed by atoms with E-state index in [1.807, 2.05) is 0 Å². The normalized spacial score (nSPS) is 12.4. The standard InChI is InChI=1S/C13H20N4O4S.ClH/c1-8-4-5-9(6-11(8)22(20,21)17(2)3)16-13(19)10(14)7-12(15)18;/h4-6,10H,7,14H2,1-3H3,(H2,15,18)(H,16,19);1H. The lowest BCUT2D eigenvalue weighted by atomic mass is 10.2. The number of nitrogens with two attached hydrogens (primary N) is 2. The van der Waals surface area contributed by atoms with Gasteiger partial charge < -0.3 is 16.8 Å². The minimum Gasteiger partial charge on any atom is -0.370 e. The molecule has 8 nitrogen and oxygen atoms in total. The number of benzene rings is 1. The number of primary amides is 1. The fourth-order valence-electron chi connectivity index (χ4n) is 1.70. The minimum atomic E-state index is -3.63. The summed E-state index contributed by atoms with van der Waals surface area (Å²) in [4.78, 5) is 22.7. The number of nitrogens with one attached hydrogen (secondary N) is 1. The van der Waals surface area contributed by atoms with Crippen molar-refractivity contribution in [3.63, 3.8) is 0 Å². The van der Waals surface area contributed by atoms with E-state index in [2.05, 4.69) is 5.32 Å². The molecule has 0 aliphatic rings. The van der Waals surface area contributed by atoms with E-state index >= 15 is 0 Å². The summed E-state index contributed by atoms with van der Waals surface area (Å²) in [6.45, 7) is 1.65. The Morgan fingerprint density at radius 3 is 2.35 bits per heavy atom. The van der Waals surface area contributed by atoms with Crippen LogP contribution >= 0.6 is 12.4 Å². The highest BCUT2D eigenvalue weighted by Gasteiger charge is 2.21. The Morgan fingerprint density at radius 2 is 1.87 bits per heavy atom. The molecule has 0 aliphatic carbocycles. The quantitative estimate of drug-likeness (QED) is 0.642. The Hall–Kier alpha value is -1.68. The van der Waals surface area contributed by atoms with E-state index in [1.165, 1.54) is 20.2 Å². The number of hydrogen-bond donors (Lipinski definition) is 3. The molecule has 0 spiro atoms. The molecule has 0 bridgehead atoms. The molecule has 1 atom stereocenters. The van der Waals surface area contributed by atoms with Crippen LogP contribution in [-0.2, 0) is 19.6 Å². The number of halogens is 1. The van der Waals surface area contributed by atoms with Crippen molar-refractivity contribution in [2.75, 3.05) is 19.4 Å². The summed E-state index contributed by atoms with van der Waals surface area (Å²) < 4.78 is 25.5. The number of carbonyl (C=O) groups is 2. The van der Waals surface area contributed by atoms with Crippen LogP contribution in [0, 0.1) is 6.92 Å². The predicted molar refractivity (Wildman–Crippen MR) is 89.7 cm³/mol. The molecule has 1 rings (SSSR count). The summed E-state index contributed by atoms with van der Waals surface area (Å²) >= 11 is 0. The Kier molecular flexibility index (Phi) is 7.65. The molecule has 0 aliphatic heterocycles. The van der Waals surface area contributed by atoms with Crippen LogP contribution < -0.4 is 16.8 Å². The van der Waals surface area contributed by atoms with Crippen LogP contribution in [0.2, 0.25) is 0 Å². The number of amides is 2. The van der Waals surface area contributed by atoms with Gasteiger partial charge in [0.25, 0.3) is 0 Å². The molecule has 0 aromatic heterocycles. The van der Waals surface area contributed by atoms with Gasteiger partial charge in [0.1, 0.15) is 0 Å². The molecule has 130 valence electrons. The molecule has 5 N–H and O–H groups in total. The molecule has 0 saturated carbocycles. The van der Waals surface area contributed by atoms with Gasteiger partial charge in [-0.25, -0.2) is 12.7 Å². The van der Waals surface area contributed by atoms with E-state index in [9.17, 15) is 18.0 Å². The summed E-state index contributed by atoms with van der Waals surface area (Å²) in [6, 6.07) is 3.39. The van der Waals surface area contributed by atoms with Crippen LogP contribution in [0.3, 0.4) is 0 Å². The van der Waals surface area contributed by atoms with Crippen molar-refractivity contribution in [3.05, 3.63) is 23.8 Å². The van der Waals surface area contributed by atoms with Gasteiger partial charge in [-0.15, -0.1) is 12.4 Å². The van der Waals surface area contributed by atoms with E-state index in [4.69, 9.17) is 11.5 Å². The van der Waals surface area contributed by atoms with Crippen molar-refractivity contribution in [1.29, 1.82) is 0 Å². The zero-order valence-corrected chi connectivity index (χ0v) is 14.7. The second-order valence-electron chi connectivity index (χ2n) is 5.03. The maximum Gasteiger partial charge on any atom is 0.242 e.